The highest BCUT2D eigenvalue weighted by atomic mass is 35.5. The summed E-state index contributed by atoms with van der Waals surface area (Å²) in [6, 6.07) is 11.4. The molecule has 0 atom stereocenters. The molecule has 3 rings (SSSR count). The number of methoxy groups -OCH3 is 2. The second kappa shape index (κ2) is 8.57. The first-order valence-corrected chi connectivity index (χ1v) is 9.65. The molecule has 0 bridgehead atoms. The van der Waals surface area contributed by atoms with Crippen LogP contribution in [-0.4, -0.2) is 24.2 Å². The number of nitrogen functional groups attached to an aromatic ring is 2. The quantitative estimate of drug-likeness (QED) is 0.609. The van der Waals surface area contributed by atoms with Gasteiger partial charge in [0, 0.05) is 22.6 Å². The van der Waals surface area contributed by atoms with Crippen LogP contribution in [0.5, 0.6) is 11.5 Å². The Morgan fingerprint density at radius 2 is 1.66 bits per heavy atom. The van der Waals surface area contributed by atoms with Crippen LogP contribution >= 0.6 is 11.6 Å². The number of rotatable bonds is 6. The zero-order valence-corrected chi connectivity index (χ0v) is 17.7. The normalized spacial score (nSPS) is 11.0. The number of ether oxygens (including phenoxy) is 2. The fourth-order valence-electron chi connectivity index (χ4n) is 3.39. The predicted octanol–water partition coefficient (Wildman–Crippen LogP) is 4.69. The first-order chi connectivity index (χ1) is 13.8. The third kappa shape index (κ3) is 4.22. The number of hydrogen-bond donors (Lipinski definition) is 2. The third-order valence-corrected chi connectivity index (χ3v) is 5.15. The van der Waals surface area contributed by atoms with E-state index < -0.39 is 0 Å². The maximum absolute atomic E-state index is 6.43. The summed E-state index contributed by atoms with van der Waals surface area (Å²) in [5.74, 6) is 2.05. The summed E-state index contributed by atoms with van der Waals surface area (Å²) >= 11 is 6.43. The predicted molar refractivity (Wildman–Crippen MR) is 118 cm³/mol. The van der Waals surface area contributed by atoms with Gasteiger partial charge in [0.15, 0.2) is 11.5 Å². The Labute approximate surface area is 175 Å². The zero-order valence-electron chi connectivity index (χ0n) is 17.0. The summed E-state index contributed by atoms with van der Waals surface area (Å²) in [6.07, 6.45) is 0.501. The maximum atomic E-state index is 6.43. The molecule has 0 saturated carbocycles. The molecule has 0 aliphatic carbocycles. The molecule has 4 N–H and O–H groups in total. The molecule has 0 amide bonds. The van der Waals surface area contributed by atoms with E-state index in [1.54, 1.807) is 14.2 Å². The SMILES string of the molecule is COc1cc(Cc2c(N)nc(N)nc2-c2ccccc2Cl)c(C(C)C)cc1OC. The molecule has 6 nitrogen and oxygen atoms in total. The average Bonchev–Trinajstić information content (AvgIpc) is 2.69. The Hall–Kier alpha value is -2.99. The van der Waals surface area contributed by atoms with Crippen molar-refractivity contribution >= 4 is 23.4 Å². The molecule has 0 spiro atoms. The van der Waals surface area contributed by atoms with Crippen LogP contribution < -0.4 is 20.9 Å². The van der Waals surface area contributed by atoms with Gasteiger partial charge in [-0.2, -0.15) is 4.98 Å². The van der Waals surface area contributed by atoms with Gasteiger partial charge in [0.25, 0.3) is 0 Å². The average molecular weight is 413 g/mol. The Balaban J connectivity index is 2.20. The Morgan fingerprint density at radius 3 is 2.28 bits per heavy atom. The topological polar surface area (TPSA) is 96.3 Å². The van der Waals surface area contributed by atoms with E-state index in [0.29, 0.717) is 34.5 Å². The Bertz CT molecular complexity index is 1040. The molecule has 0 aliphatic heterocycles. The maximum Gasteiger partial charge on any atom is 0.222 e. The van der Waals surface area contributed by atoms with E-state index in [9.17, 15) is 0 Å². The molecule has 29 heavy (non-hydrogen) atoms. The molecule has 0 radical (unpaired) electrons. The third-order valence-electron chi connectivity index (χ3n) is 4.82. The Morgan fingerprint density at radius 1 is 1.00 bits per heavy atom. The van der Waals surface area contributed by atoms with Crippen molar-refractivity contribution in [3.8, 4) is 22.8 Å². The van der Waals surface area contributed by atoms with E-state index in [-0.39, 0.29) is 11.9 Å². The van der Waals surface area contributed by atoms with Crippen LogP contribution in [0.25, 0.3) is 11.3 Å². The number of nitrogens with zero attached hydrogens (tertiary/aromatic N) is 2. The van der Waals surface area contributed by atoms with E-state index in [1.807, 2.05) is 36.4 Å². The molecule has 1 aromatic heterocycles. The van der Waals surface area contributed by atoms with Gasteiger partial charge >= 0.3 is 0 Å². The lowest BCUT2D eigenvalue weighted by Gasteiger charge is -2.19. The monoisotopic (exact) mass is 412 g/mol. The summed E-state index contributed by atoms with van der Waals surface area (Å²) < 4.78 is 11.0. The summed E-state index contributed by atoms with van der Waals surface area (Å²) in [7, 11) is 3.25. The van der Waals surface area contributed by atoms with Gasteiger partial charge in [-0.25, -0.2) is 4.98 Å². The van der Waals surface area contributed by atoms with Crippen molar-refractivity contribution in [1.29, 1.82) is 0 Å². The first kappa shape index (κ1) is 20.7. The largest absolute Gasteiger partial charge is 0.493 e. The van der Waals surface area contributed by atoms with Crippen LogP contribution in [-0.2, 0) is 6.42 Å². The molecule has 0 aliphatic rings. The number of anilines is 2. The van der Waals surface area contributed by atoms with E-state index >= 15 is 0 Å². The van der Waals surface area contributed by atoms with Crippen LogP contribution in [0.2, 0.25) is 5.02 Å². The number of benzene rings is 2. The molecule has 7 heteroatoms. The van der Waals surface area contributed by atoms with Crippen molar-refractivity contribution in [2.75, 3.05) is 25.7 Å². The van der Waals surface area contributed by atoms with Crippen LogP contribution in [0.1, 0.15) is 36.5 Å². The zero-order chi connectivity index (χ0) is 21.1. The molecule has 152 valence electrons. The van der Waals surface area contributed by atoms with Gasteiger partial charge in [0.2, 0.25) is 5.95 Å². The number of hydrogen-bond acceptors (Lipinski definition) is 6. The van der Waals surface area contributed by atoms with Gasteiger partial charge in [-0.3, -0.25) is 0 Å². The number of aromatic nitrogens is 2. The summed E-state index contributed by atoms with van der Waals surface area (Å²) in [6.45, 7) is 4.26. The minimum atomic E-state index is 0.109. The van der Waals surface area contributed by atoms with Gasteiger partial charge in [-0.1, -0.05) is 43.6 Å². The molecule has 0 fully saturated rings. The molecule has 2 aromatic carbocycles. The van der Waals surface area contributed by atoms with Gasteiger partial charge < -0.3 is 20.9 Å². The van der Waals surface area contributed by atoms with Crippen LogP contribution in [0.4, 0.5) is 11.8 Å². The van der Waals surface area contributed by atoms with Crippen molar-refractivity contribution in [1.82, 2.24) is 9.97 Å². The lowest BCUT2D eigenvalue weighted by molar-refractivity contribution is 0.354. The van der Waals surface area contributed by atoms with Crippen molar-refractivity contribution < 1.29 is 9.47 Å². The minimum Gasteiger partial charge on any atom is -0.493 e. The van der Waals surface area contributed by atoms with Crippen molar-refractivity contribution in [3.63, 3.8) is 0 Å². The molecular formula is C22H25ClN4O2. The standard InChI is InChI=1S/C22H25ClN4O2/c1-12(2)15-11-19(29-4)18(28-3)10-13(15)9-16-20(26-22(25)27-21(16)24)14-7-5-6-8-17(14)23/h5-8,10-12H,9H2,1-4H3,(H4,24,25,26,27). The number of nitrogens with two attached hydrogens (primary N) is 2. The first-order valence-electron chi connectivity index (χ1n) is 9.27. The second-order valence-corrected chi connectivity index (χ2v) is 7.42. The summed E-state index contributed by atoms with van der Waals surface area (Å²) in [5, 5.41) is 0.572. The van der Waals surface area contributed by atoms with Gasteiger partial charge in [-0.15, -0.1) is 0 Å². The number of halogens is 1. The van der Waals surface area contributed by atoms with Gasteiger partial charge in [-0.05, 0) is 35.2 Å². The lowest BCUT2D eigenvalue weighted by atomic mass is 9.91. The smallest absolute Gasteiger partial charge is 0.222 e. The molecular weight excluding hydrogens is 388 g/mol. The van der Waals surface area contributed by atoms with Gasteiger partial charge in [0.1, 0.15) is 5.82 Å². The molecule has 0 unspecified atom stereocenters. The van der Waals surface area contributed by atoms with Crippen molar-refractivity contribution in [3.05, 3.63) is 58.1 Å². The molecule has 0 saturated heterocycles. The lowest BCUT2D eigenvalue weighted by Crippen LogP contribution is -2.09. The van der Waals surface area contributed by atoms with Crippen LogP contribution in [0.15, 0.2) is 36.4 Å². The Kier molecular flexibility index (Phi) is 6.13. The van der Waals surface area contributed by atoms with E-state index in [4.69, 9.17) is 32.5 Å². The van der Waals surface area contributed by atoms with Crippen LogP contribution in [0.3, 0.4) is 0 Å². The van der Waals surface area contributed by atoms with E-state index in [0.717, 1.165) is 22.3 Å². The van der Waals surface area contributed by atoms with Crippen molar-refractivity contribution in [2.24, 2.45) is 0 Å². The fourth-order valence-corrected chi connectivity index (χ4v) is 3.61. The summed E-state index contributed by atoms with van der Waals surface area (Å²) in [4.78, 5) is 8.64. The second-order valence-electron chi connectivity index (χ2n) is 7.01. The highest BCUT2D eigenvalue weighted by Gasteiger charge is 2.20. The highest BCUT2D eigenvalue weighted by molar-refractivity contribution is 6.33. The van der Waals surface area contributed by atoms with Crippen molar-refractivity contribution in [2.45, 2.75) is 26.2 Å². The van der Waals surface area contributed by atoms with E-state index in [1.165, 1.54) is 0 Å². The minimum absolute atomic E-state index is 0.109. The molecule has 3 aromatic rings. The molecule has 1 heterocycles. The summed E-state index contributed by atoms with van der Waals surface area (Å²) in [5.41, 5.74) is 16.5. The highest BCUT2D eigenvalue weighted by Crippen LogP contribution is 2.38. The fraction of sp³-hybridized carbons (Fsp3) is 0.273. The van der Waals surface area contributed by atoms with E-state index in [2.05, 4.69) is 23.8 Å². The van der Waals surface area contributed by atoms with Crippen LogP contribution in [0, 0.1) is 0 Å². The van der Waals surface area contributed by atoms with Gasteiger partial charge in [0.05, 0.1) is 19.9 Å².